The normalized spacial score (nSPS) is 14.0. The molecule has 0 spiro atoms. The van der Waals surface area contributed by atoms with Crippen molar-refractivity contribution in [3.8, 4) is 0 Å². The average molecular weight is 292 g/mol. The minimum absolute atomic E-state index is 0.342. The SMILES string of the molecule is CCOC(=O)c1ccc(N(C)CCOCC2CC2)c(N)c1. The zero-order valence-electron chi connectivity index (χ0n) is 12.8. The molecule has 0 unspecified atom stereocenters. The maximum atomic E-state index is 11.6. The molecule has 0 amide bonds. The molecule has 116 valence electrons. The summed E-state index contributed by atoms with van der Waals surface area (Å²) in [5.74, 6) is 0.440. The van der Waals surface area contributed by atoms with E-state index in [9.17, 15) is 4.79 Å². The Balaban J connectivity index is 1.87. The Morgan fingerprint density at radius 3 is 2.81 bits per heavy atom. The van der Waals surface area contributed by atoms with E-state index in [1.807, 2.05) is 18.0 Å². The number of nitrogen functional groups attached to an aromatic ring is 1. The van der Waals surface area contributed by atoms with Crippen LogP contribution in [0.1, 0.15) is 30.1 Å². The fourth-order valence-corrected chi connectivity index (χ4v) is 2.10. The van der Waals surface area contributed by atoms with Crippen LogP contribution >= 0.6 is 0 Å². The second-order valence-corrected chi connectivity index (χ2v) is 5.43. The van der Waals surface area contributed by atoms with E-state index >= 15 is 0 Å². The van der Waals surface area contributed by atoms with Crippen LogP contribution in [-0.2, 0) is 9.47 Å². The molecule has 0 atom stereocenters. The molecule has 1 aromatic carbocycles. The van der Waals surface area contributed by atoms with Crippen LogP contribution in [0.25, 0.3) is 0 Å². The lowest BCUT2D eigenvalue weighted by molar-refractivity contribution is 0.0526. The van der Waals surface area contributed by atoms with Gasteiger partial charge in [0.25, 0.3) is 0 Å². The standard InChI is InChI=1S/C16H24N2O3/c1-3-21-16(19)13-6-7-15(14(17)10-13)18(2)8-9-20-11-12-4-5-12/h6-7,10,12H,3-5,8-9,11,17H2,1-2H3. The van der Waals surface area contributed by atoms with Crippen LogP contribution < -0.4 is 10.6 Å². The predicted molar refractivity (Wildman–Crippen MR) is 83.6 cm³/mol. The molecule has 0 heterocycles. The zero-order chi connectivity index (χ0) is 15.2. The molecular formula is C16H24N2O3. The summed E-state index contributed by atoms with van der Waals surface area (Å²) in [6.45, 7) is 4.47. The number of rotatable bonds is 8. The Kier molecular flexibility index (Phi) is 5.44. The summed E-state index contributed by atoms with van der Waals surface area (Å²) in [6.07, 6.45) is 2.61. The number of hydrogen-bond donors (Lipinski definition) is 1. The van der Waals surface area contributed by atoms with Gasteiger partial charge in [0.1, 0.15) is 0 Å². The molecule has 0 aromatic heterocycles. The molecule has 1 aliphatic rings. The summed E-state index contributed by atoms with van der Waals surface area (Å²) in [6, 6.07) is 5.25. The first-order valence-electron chi connectivity index (χ1n) is 7.47. The molecule has 0 radical (unpaired) electrons. The predicted octanol–water partition coefficient (Wildman–Crippen LogP) is 2.31. The second kappa shape index (κ2) is 7.31. The van der Waals surface area contributed by atoms with Crippen molar-refractivity contribution in [2.24, 2.45) is 5.92 Å². The molecule has 2 rings (SSSR count). The van der Waals surface area contributed by atoms with E-state index in [2.05, 4.69) is 0 Å². The maximum absolute atomic E-state index is 11.6. The van der Waals surface area contributed by atoms with Gasteiger partial charge in [0.2, 0.25) is 0 Å². The van der Waals surface area contributed by atoms with Crippen molar-refractivity contribution in [1.29, 1.82) is 0 Å². The number of nitrogens with two attached hydrogens (primary N) is 1. The molecule has 1 aliphatic carbocycles. The molecule has 1 saturated carbocycles. The molecule has 2 N–H and O–H groups in total. The van der Waals surface area contributed by atoms with Gasteiger partial charge >= 0.3 is 5.97 Å². The minimum atomic E-state index is -0.342. The van der Waals surface area contributed by atoms with Gasteiger partial charge in [0.05, 0.1) is 30.2 Å². The molecule has 0 saturated heterocycles. The van der Waals surface area contributed by atoms with E-state index in [1.54, 1.807) is 19.1 Å². The Morgan fingerprint density at radius 1 is 1.43 bits per heavy atom. The Labute approximate surface area is 126 Å². The summed E-state index contributed by atoms with van der Waals surface area (Å²) in [7, 11) is 1.97. The number of benzene rings is 1. The molecule has 0 aliphatic heterocycles. The van der Waals surface area contributed by atoms with E-state index < -0.39 is 0 Å². The molecule has 5 heteroatoms. The number of nitrogens with zero attached hydrogens (tertiary/aromatic N) is 1. The summed E-state index contributed by atoms with van der Waals surface area (Å²) >= 11 is 0. The first-order valence-corrected chi connectivity index (χ1v) is 7.47. The highest BCUT2D eigenvalue weighted by Crippen LogP contribution is 2.29. The van der Waals surface area contributed by atoms with Gasteiger partial charge in [-0.05, 0) is 43.9 Å². The molecule has 1 aromatic rings. The van der Waals surface area contributed by atoms with Gasteiger partial charge in [0.15, 0.2) is 0 Å². The first-order chi connectivity index (χ1) is 10.1. The van der Waals surface area contributed by atoms with Gasteiger partial charge in [-0.25, -0.2) is 4.79 Å². The second-order valence-electron chi connectivity index (χ2n) is 5.43. The summed E-state index contributed by atoms with van der Waals surface area (Å²) in [5, 5.41) is 0. The number of ether oxygens (including phenoxy) is 2. The number of carbonyl (C=O) groups excluding carboxylic acids is 1. The lowest BCUT2D eigenvalue weighted by Gasteiger charge is -2.21. The highest BCUT2D eigenvalue weighted by Gasteiger charge is 2.21. The lowest BCUT2D eigenvalue weighted by atomic mass is 10.1. The molecule has 0 bridgehead atoms. The summed E-state index contributed by atoms with van der Waals surface area (Å²) in [5.41, 5.74) is 7.99. The number of carbonyl (C=O) groups is 1. The van der Waals surface area contributed by atoms with Crippen molar-refractivity contribution >= 4 is 17.3 Å². The third-order valence-electron chi connectivity index (χ3n) is 3.57. The van der Waals surface area contributed by atoms with Crippen molar-refractivity contribution in [3.05, 3.63) is 23.8 Å². The van der Waals surface area contributed by atoms with Gasteiger partial charge in [-0.2, -0.15) is 0 Å². The summed E-state index contributed by atoms with van der Waals surface area (Å²) < 4.78 is 10.6. The fourth-order valence-electron chi connectivity index (χ4n) is 2.10. The minimum Gasteiger partial charge on any atom is -0.462 e. The van der Waals surface area contributed by atoms with Gasteiger partial charge in [-0.15, -0.1) is 0 Å². The molecule has 1 fully saturated rings. The van der Waals surface area contributed by atoms with Gasteiger partial charge in [-0.3, -0.25) is 0 Å². The number of esters is 1. The van der Waals surface area contributed by atoms with Gasteiger partial charge in [0, 0.05) is 20.2 Å². The fraction of sp³-hybridized carbons (Fsp3) is 0.562. The van der Waals surface area contributed by atoms with Gasteiger partial charge in [-0.1, -0.05) is 0 Å². The van der Waals surface area contributed by atoms with E-state index in [0.717, 1.165) is 24.8 Å². The van der Waals surface area contributed by atoms with Crippen molar-refractivity contribution in [2.45, 2.75) is 19.8 Å². The van der Waals surface area contributed by atoms with E-state index in [0.29, 0.717) is 24.5 Å². The van der Waals surface area contributed by atoms with Crippen LogP contribution in [0.3, 0.4) is 0 Å². The van der Waals surface area contributed by atoms with Gasteiger partial charge < -0.3 is 20.1 Å². The number of hydrogen-bond acceptors (Lipinski definition) is 5. The van der Waals surface area contributed by atoms with Crippen LogP contribution in [-0.4, -0.2) is 39.4 Å². The Morgan fingerprint density at radius 2 is 2.19 bits per heavy atom. The lowest BCUT2D eigenvalue weighted by Crippen LogP contribution is -2.24. The Hall–Kier alpha value is -1.75. The number of likely N-dealkylation sites (N-methyl/N-ethyl adjacent to an activating group) is 1. The molecular weight excluding hydrogens is 268 g/mol. The van der Waals surface area contributed by atoms with Crippen LogP contribution in [0.4, 0.5) is 11.4 Å². The third-order valence-corrected chi connectivity index (χ3v) is 3.57. The van der Waals surface area contributed by atoms with Crippen LogP contribution in [0.5, 0.6) is 0 Å². The molecule has 5 nitrogen and oxygen atoms in total. The van der Waals surface area contributed by atoms with E-state index in [4.69, 9.17) is 15.2 Å². The van der Waals surface area contributed by atoms with Crippen molar-refractivity contribution in [3.63, 3.8) is 0 Å². The number of anilines is 2. The highest BCUT2D eigenvalue weighted by atomic mass is 16.5. The quantitative estimate of drug-likeness (QED) is 0.452. The van der Waals surface area contributed by atoms with Crippen LogP contribution in [0, 0.1) is 5.92 Å². The first kappa shape index (κ1) is 15.6. The van der Waals surface area contributed by atoms with E-state index in [1.165, 1.54) is 12.8 Å². The van der Waals surface area contributed by atoms with Crippen molar-refractivity contribution < 1.29 is 14.3 Å². The largest absolute Gasteiger partial charge is 0.462 e. The highest BCUT2D eigenvalue weighted by molar-refractivity contribution is 5.92. The molecule has 21 heavy (non-hydrogen) atoms. The third kappa shape index (κ3) is 4.63. The van der Waals surface area contributed by atoms with Crippen LogP contribution in [0.15, 0.2) is 18.2 Å². The monoisotopic (exact) mass is 292 g/mol. The average Bonchev–Trinajstić information content (AvgIpc) is 3.27. The van der Waals surface area contributed by atoms with Crippen LogP contribution in [0.2, 0.25) is 0 Å². The van der Waals surface area contributed by atoms with E-state index in [-0.39, 0.29) is 5.97 Å². The maximum Gasteiger partial charge on any atom is 0.338 e. The van der Waals surface area contributed by atoms with Crippen molar-refractivity contribution in [2.75, 3.05) is 44.0 Å². The topological polar surface area (TPSA) is 64.8 Å². The zero-order valence-corrected chi connectivity index (χ0v) is 12.8. The Bertz CT molecular complexity index is 486. The van der Waals surface area contributed by atoms with Crippen molar-refractivity contribution in [1.82, 2.24) is 0 Å². The smallest absolute Gasteiger partial charge is 0.338 e. The summed E-state index contributed by atoms with van der Waals surface area (Å²) in [4.78, 5) is 13.7.